The molecule has 1 fully saturated rings. The molecular formula is C18H26N6O. The standard InChI is InChI=1S/C18H26N6O/c1-15(12-24-14-19-13-20-24)21-18(25)23-10-8-17(9-11-23)22(2)16-6-4-3-5-7-16/h3-7,13-15,17H,8-12H2,1-2H3,(H,21,25)/t15-/m1/s1. The number of benzene rings is 1. The molecule has 0 saturated carbocycles. The number of hydrogen-bond donors (Lipinski definition) is 1. The van der Waals surface area contributed by atoms with E-state index in [0.717, 1.165) is 25.9 Å². The van der Waals surface area contributed by atoms with Crippen LogP contribution in [0, 0.1) is 0 Å². The molecule has 1 aliphatic heterocycles. The first-order chi connectivity index (χ1) is 12.1. The van der Waals surface area contributed by atoms with Gasteiger partial charge in [-0.2, -0.15) is 5.10 Å². The minimum atomic E-state index is 0.00781. The highest BCUT2D eigenvalue weighted by Crippen LogP contribution is 2.21. The molecule has 7 heteroatoms. The molecule has 0 aliphatic carbocycles. The maximum atomic E-state index is 12.4. The van der Waals surface area contributed by atoms with Gasteiger partial charge >= 0.3 is 6.03 Å². The lowest BCUT2D eigenvalue weighted by atomic mass is 10.0. The van der Waals surface area contributed by atoms with Gasteiger partial charge in [0.25, 0.3) is 0 Å². The summed E-state index contributed by atoms with van der Waals surface area (Å²) in [5.41, 5.74) is 1.23. The van der Waals surface area contributed by atoms with Crippen LogP contribution < -0.4 is 10.2 Å². The second-order valence-electron chi connectivity index (χ2n) is 6.63. The number of carbonyl (C=O) groups is 1. The summed E-state index contributed by atoms with van der Waals surface area (Å²) in [4.78, 5) is 20.6. The van der Waals surface area contributed by atoms with Crippen LogP contribution in [0.25, 0.3) is 0 Å². The molecule has 134 valence electrons. The Morgan fingerprint density at radius 3 is 2.68 bits per heavy atom. The summed E-state index contributed by atoms with van der Waals surface area (Å²) >= 11 is 0. The van der Waals surface area contributed by atoms with Crippen LogP contribution in [0.3, 0.4) is 0 Å². The third kappa shape index (κ3) is 4.49. The van der Waals surface area contributed by atoms with E-state index in [2.05, 4.69) is 51.6 Å². The van der Waals surface area contributed by atoms with Gasteiger partial charge in [-0.1, -0.05) is 18.2 Å². The predicted molar refractivity (Wildman–Crippen MR) is 97.5 cm³/mol. The van der Waals surface area contributed by atoms with Crippen LogP contribution >= 0.6 is 0 Å². The minimum Gasteiger partial charge on any atom is -0.371 e. The molecule has 1 atom stereocenters. The smallest absolute Gasteiger partial charge is 0.317 e. The zero-order valence-electron chi connectivity index (χ0n) is 14.9. The Hall–Kier alpha value is -2.57. The molecule has 2 aromatic rings. The number of aromatic nitrogens is 3. The molecule has 2 amide bonds. The average Bonchev–Trinajstić information content (AvgIpc) is 3.14. The number of likely N-dealkylation sites (tertiary alicyclic amines) is 1. The van der Waals surface area contributed by atoms with Crippen LogP contribution in [0.15, 0.2) is 43.0 Å². The number of carbonyl (C=O) groups excluding carboxylic acids is 1. The number of piperidine rings is 1. The summed E-state index contributed by atoms with van der Waals surface area (Å²) in [7, 11) is 2.13. The molecular weight excluding hydrogens is 316 g/mol. The summed E-state index contributed by atoms with van der Waals surface area (Å²) in [5, 5.41) is 7.12. The molecule has 1 aromatic carbocycles. The van der Waals surface area contributed by atoms with Crippen molar-refractivity contribution in [2.75, 3.05) is 25.0 Å². The number of hydrogen-bond acceptors (Lipinski definition) is 4. The van der Waals surface area contributed by atoms with Gasteiger partial charge in [-0.15, -0.1) is 0 Å². The van der Waals surface area contributed by atoms with Crippen molar-refractivity contribution in [3.63, 3.8) is 0 Å². The Labute approximate surface area is 148 Å². The predicted octanol–water partition coefficient (Wildman–Crippen LogP) is 1.98. The van der Waals surface area contributed by atoms with E-state index in [4.69, 9.17) is 0 Å². The quantitative estimate of drug-likeness (QED) is 0.902. The van der Waals surface area contributed by atoms with Crippen molar-refractivity contribution in [1.82, 2.24) is 25.0 Å². The van der Waals surface area contributed by atoms with Crippen molar-refractivity contribution in [3.8, 4) is 0 Å². The van der Waals surface area contributed by atoms with Crippen LogP contribution in [0.5, 0.6) is 0 Å². The molecule has 1 N–H and O–H groups in total. The molecule has 0 unspecified atom stereocenters. The first-order valence-electron chi connectivity index (χ1n) is 8.79. The molecule has 0 spiro atoms. The fraction of sp³-hybridized carbons (Fsp3) is 0.500. The third-order valence-electron chi connectivity index (χ3n) is 4.76. The van der Waals surface area contributed by atoms with Crippen LogP contribution in [0.2, 0.25) is 0 Å². The summed E-state index contributed by atoms with van der Waals surface area (Å²) in [6, 6.07) is 10.9. The first-order valence-corrected chi connectivity index (χ1v) is 8.79. The van der Waals surface area contributed by atoms with Gasteiger partial charge in [0.1, 0.15) is 12.7 Å². The third-order valence-corrected chi connectivity index (χ3v) is 4.76. The van der Waals surface area contributed by atoms with Crippen molar-refractivity contribution < 1.29 is 4.79 Å². The van der Waals surface area contributed by atoms with E-state index < -0.39 is 0 Å². The molecule has 3 rings (SSSR count). The van der Waals surface area contributed by atoms with Crippen molar-refractivity contribution in [2.24, 2.45) is 0 Å². The molecule has 2 heterocycles. The Morgan fingerprint density at radius 1 is 1.32 bits per heavy atom. The maximum Gasteiger partial charge on any atom is 0.317 e. The summed E-state index contributed by atoms with van der Waals surface area (Å²) < 4.78 is 1.73. The fourth-order valence-electron chi connectivity index (χ4n) is 3.29. The van der Waals surface area contributed by atoms with Gasteiger partial charge in [-0.3, -0.25) is 4.68 Å². The van der Waals surface area contributed by atoms with Crippen LogP contribution in [-0.2, 0) is 6.54 Å². The normalized spacial score (nSPS) is 16.5. The summed E-state index contributed by atoms with van der Waals surface area (Å²) in [6.07, 6.45) is 5.13. The van der Waals surface area contributed by atoms with Crippen molar-refractivity contribution in [3.05, 3.63) is 43.0 Å². The Balaban J connectivity index is 1.46. The van der Waals surface area contributed by atoms with Crippen molar-refractivity contribution in [2.45, 2.75) is 38.4 Å². The van der Waals surface area contributed by atoms with Crippen LogP contribution in [-0.4, -0.2) is 57.9 Å². The highest BCUT2D eigenvalue weighted by atomic mass is 16.2. The Kier molecular flexibility index (Phi) is 5.53. The van der Waals surface area contributed by atoms with E-state index in [1.807, 2.05) is 17.9 Å². The van der Waals surface area contributed by atoms with Crippen LogP contribution in [0.1, 0.15) is 19.8 Å². The average molecular weight is 342 g/mol. The molecule has 1 saturated heterocycles. The molecule has 25 heavy (non-hydrogen) atoms. The zero-order chi connectivity index (χ0) is 17.6. The van der Waals surface area contributed by atoms with Gasteiger partial charge in [-0.25, -0.2) is 9.78 Å². The van der Waals surface area contributed by atoms with Gasteiger partial charge in [0.05, 0.1) is 6.54 Å². The number of urea groups is 1. The second-order valence-corrected chi connectivity index (χ2v) is 6.63. The number of nitrogens with zero attached hydrogens (tertiary/aromatic N) is 5. The van der Waals surface area contributed by atoms with Gasteiger partial charge in [0.15, 0.2) is 0 Å². The highest BCUT2D eigenvalue weighted by molar-refractivity contribution is 5.74. The first kappa shape index (κ1) is 17.3. The molecule has 1 aromatic heterocycles. The number of nitrogens with one attached hydrogen (secondary N) is 1. The van der Waals surface area contributed by atoms with E-state index in [1.54, 1.807) is 11.0 Å². The molecule has 0 radical (unpaired) electrons. The van der Waals surface area contributed by atoms with E-state index in [1.165, 1.54) is 12.0 Å². The van der Waals surface area contributed by atoms with E-state index in [0.29, 0.717) is 12.6 Å². The van der Waals surface area contributed by atoms with E-state index >= 15 is 0 Å². The lowest BCUT2D eigenvalue weighted by molar-refractivity contribution is 0.176. The molecule has 1 aliphatic rings. The van der Waals surface area contributed by atoms with Gasteiger partial charge in [0, 0.05) is 37.9 Å². The highest BCUT2D eigenvalue weighted by Gasteiger charge is 2.26. The van der Waals surface area contributed by atoms with Gasteiger partial charge in [-0.05, 0) is 31.9 Å². The second kappa shape index (κ2) is 8.00. The van der Waals surface area contributed by atoms with Crippen molar-refractivity contribution in [1.29, 1.82) is 0 Å². The minimum absolute atomic E-state index is 0.00781. The fourth-order valence-corrected chi connectivity index (χ4v) is 3.29. The van der Waals surface area contributed by atoms with E-state index in [9.17, 15) is 4.79 Å². The van der Waals surface area contributed by atoms with Crippen LogP contribution in [0.4, 0.5) is 10.5 Å². The zero-order valence-corrected chi connectivity index (χ0v) is 14.9. The van der Waals surface area contributed by atoms with Gasteiger partial charge < -0.3 is 15.1 Å². The summed E-state index contributed by atoms with van der Waals surface area (Å²) in [5.74, 6) is 0. The molecule has 7 nitrogen and oxygen atoms in total. The number of amides is 2. The van der Waals surface area contributed by atoms with E-state index in [-0.39, 0.29) is 12.1 Å². The SMILES string of the molecule is C[C@H](Cn1cncn1)NC(=O)N1CCC(N(C)c2ccccc2)CC1. The van der Waals surface area contributed by atoms with Crippen molar-refractivity contribution >= 4 is 11.7 Å². The Bertz CT molecular complexity index is 651. The summed E-state index contributed by atoms with van der Waals surface area (Å²) in [6.45, 7) is 4.17. The number of anilines is 1. The lowest BCUT2D eigenvalue weighted by Gasteiger charge is -2.38. The number of para-hydroxylation sites is 1. The van der Waals surface area contributed by atoms with Gasteiger partial charge in [0.2, 0.25) is 0 Å². The number of rotatable bonds is 5. The monoisotopic (exact) mass is 342 g/mol. The topological polar surface area (TPSA) is 66.3 Å². The Morgan fingerprint density at radius 2 is 2.04 bits per heavy atom. The lowest BCUT2D eigenvalue weighted by Crippen LogP contribution is -2.51. The largest absolute Gasteiger partial charge is 0.371 e. The molecule has 0 bridgehead atoms. The maximum absolute atomic E-state index is 12.4.